The number of nitrogens with one attached hydrogen (secondary N) is 1. The van der Waals surface area contributed by atoms with Crippen LogP contribution in [0.25, 0.3) is 10.9 Å². The molecule has 1 amide bonds. The smallest absolute Gasteiger partial charge is 0.322 e. The van der Waals surface area contributed by atoms with Crippen molar-refractivity contribution in [3.63, 3.8) is 0 Å². The van der Waals surface area contributed by atoms with Crippen LogP contribution in [0.1, 0.15) is 18.7 Å². The number of pyridine rings is 1. The first-order chi connectivity index (χ1) is 11.4. The van der Waals surface area contributed by atoms with Gasteiger partial charge >= 0.3 is 6.18 Å². The minimum Gasteiger partial charge on any atom is -0.322 e. The van der Waals surface area contributed by atoms with Crippen molar-refractivity contribution in [3.05, 3.63) is 54.5 Å². The fraction of sp³-hybridized carbons (Fsp3) is 0.188. The molecule has 1 N–H and O–H groups in total. The normalized spacial score (nSPS) is 13.0. The number of rotatable bonds is 3. The van der Waals surface area contributed by atoms with Crippen LogP contribution < -0.4 is 5.32 Å². The average molecular weight is 334 g/mol. The molecule has 0 aliphatic rings. The summed E-state index contributed by atoms with van der Waals surface area (Å²) in [6.07, 6.45) is -1.81. The number of benzene rings is 1. The first-order valence-electron chi connectivity index (χ1n) is 7.13. The number of fused-ring (bicyclic) bond motifs is 1. The number of hydrogen-bond acceptors (Lipinski definition) is 3. The van der Waals surface area contributed by atoms with E-state index < -0.39 is 23.8 Å². The van der Waals surface area contributed by atoms with Crippen molar-refractivity contribution in [3.8, 4) is 0 Å². The standard InChI is InChI=1S/C16H13F3N4O/c1-10(23-9-7-13(22-23)16(17,18)19)15(24)21-12-6-2-4-11-5-3-8-20-14(11)12/h2-10H,1H3,(H,21,24). The maximum Gasteiger partial charge on any atom is 0.435 e. The molecule has 2 aromatic heterocycles. The van der Waals surface area contributed by atoms with Gasteiger partial charge in [-0.25, -0.2) is 0 Å². The van der Waals surface area contributed by atoms with E-state index in [1.165, 1.54) is 6.92 Å². The van der Waals surface area contributed by atoms with Crippen molar-refractivity contribution in [1.29, 1.82) is 0 Å². The second-order valence-corrected chi connectivity index (χ2v) is 5.22. The molecule has 0 saturated heterocycles. The molecular weight excluding hydrogens is 321 g/mol. The predicted molar refractivity (Wildman–Crippen MR) is 82.3 cm³/mol. The van der Waals surface area contributed by atoms with Crippen molar-refractivity contribution in [2.75, 3.05) is 5.32 Å². The largest absolute Gasteiger partial charge is 0.435 e. The predicted octanol–water partition coefficient (Wildman–Crippen LogP) is 3.65. The lowest BCUT2D eigenvalue weighted by atomic mass is 10.2. The van der Waals surface area contributed by atoms with Crippen LogP contribution in [-0.2, 0) is 11.0 Å². The van der Waals surface area contributed by atoms with E-state index in [1.54, 1.807) is 24.4 Å². The molecule has 8 heteroatoms. The van der Waals surface area contributed by atoms with Gasteiger partial charge in [0.15, 0.2) is 5.69 Å². The number of carbonyl (C=O) groups is 1. The molecule has 1 aromatic carbocycles. The van der Waals surface area contributed by atoms with Crippen LogP contribution in [-0.4, -0.2) is 20.7 Å². The zero-order valence-electron chi connectivity index (χ0n) is 12.6. The monoisotopic (exact) mass is 334 g/mol. The van der Waals surface area contributed by atoms with Gasteiger partial charge in [-0.1, -0.05) is 18.2 Å². The highest BCUT2D eigenvalue weighted by Gasteiger charge is 2.34. The molecule has 1 unspecified atom stereocenters. The fourth-order valence-electron chi connectivity index (χ4n) is 2.27. The third-order valence-corrected chi connectivity index (χ3v) is 3.57. The van der Waals surface area contributed by atoms with Gasteiger partial charge in [0, 0.05) is 17.8 Å². The Labute approximate surface area is 135 Å². The molecule has 3 aromatic rings. The fourth-order valence-corrected chi connectivity index (χ4v) is 2.27. The summed E-state index contributed by atoms with van der Waals surface area (Å²) < 4.78 is 38.8. The topological polar surface area (TPSA) is 59.8 Å². The van der Waals surface area contributed by atoms with Gasteiger partial charge in [0.2, 0.25) is 5.91 Å². The van der Waals surface area contributed by atoms with Gasteiger partial charge in [-0.05, 0) is 25.1 Å². The van der Waals surface area contributed by atoms with Crippen molar-refractivity contribution >= 4 is 22.5 Å². The van der Waals surface area contributed by atoms with Crippen LogP contribution in [0.2, 0.25) is 0 Å². The summed E-state index contributed by atoms with van der Waals surface area (Å²) in [6, 6.07) is 8.86. The average Bonchev–Trinajstić information content (AvgIpc) is 3.04. The van der Waals surface area contributed by atoms with E-state index in [-0.39, 0.29) is 0 Å². The molecule has 5 nitrogen and oxygen atoms in total. The molecule has 3 rings (SSSR count). The Bertz CT molecular complexity index is 883. The zero-order chi connectivity index (χ0) is 17.3. The summed E-state index contributed by atoms with van der Waals surface area (Å²) in [5.41, 5.74) is 0.0686. The Balaban J connectivity index is 1.82. The van der Waals surface area contributed by atoms with Gasteiger partial charge < -0.3 is 5.32 Å². The van der Waals surface area contributed by atoms with Crippen molar-refractivity contribution in [2.24, 2.45) is 0 Å². The van der Waals surface area contributed by atoms with Crippen molar-refractivity contribution in [2.45, 2.75) is 19.1 Å². The van der Waals surface area contributed by atoms with E-state index in [9.17, 15) is 18.0 Å². The summed E-state index contributed by atoms with van der Waals surface area (Å²) in [7, 11) is 0. The maximum atomic E-state index is 12.6. The lowest BCUT2D eigenvalue weighted by Gasteiger charge is -2.14. The molecule has 0 spiro atoms. The molecule has 1 atom stereocenters. The summed E-state index contributed by atoms with van der Waals surface area (Å²) in [5.74, 6) is -0.482. The minimum absolute atomic E-state index is 0.482. The molecule has 2 heterocycles. The Morgan fingerprint density at radius 1 is 1.21 bits per heavy atom. The quantitative estimate of drug-likeness (QED) is 0.795. The molecule has 0 saturated carbocycles. The Morgan fingerprint density at radius 2 is 1.96 bits per heavy atom. The van der Waals surface area contributed by atoms with E-state index in [0.29, 0.717) is 11.2 Å². The number of amides is 1. The van der Waals surface area contributed by atoms with E-state index in [4.69, 9.17) is 0 Å². The molecule has 124 valence electrons. The molecule has 0 radical (unpaired) electrons. The summed E-state index contributed by atoms with van der Waals surface area (Å²) >= 11 is 0. The Hall–Kier alpha value is -2.90. The number of hydrogen-bond donors (Lipinski definition) is 1. The molecular formula is C16H13F3N4O. The summed E-state index contributed by atoms with van der Waals surface area (Å²) in [6.45, 7) is 1.47. The SMILES string of the molecule is CC(C(=O)Nc1cccc2cccnc12)n1ccc(C(F)(F)F)n1. The van der Waals surface area contributed by atoms with E-state index in [2.05, 4.69) is 15.4 Å². The number of halogens is 3. The van der Waals surface area contributed by atoms with E-state index >= 15 is 0 Å². The van der Waals surface area contributed by atoms with Crippen LogP contribution in [0.15, 0.2) is 48.8 Å². The Kier molecular flexibility index (Phi) is 3.96. The van der Waals surface area contributed by atoms with E-state index in [0.717, 1.165) is 22.3 Å². The lowest BCUT2D eigenvalue weighted by Crippen LogP contribution is -2.24. The van der Waals surface area contributed by atoms with Crippen LogP contribution in [0.3, 0.4) is 0 Å². The van der Waals surface area contributed by atoms with Gasteiger partial charge in [0.1, 0.15) is 6.04 Å². The zero-order valence-corrected chi connectivity index (χ0v) is 12.6. The van der Waals surface area contributed by atoms with Crippen molar-refractivity contribution in [1.82, 2.24) is 14.8 Å². The summed E-state index contributed by atoms with van der Waals surface area (Å²) in [5, 5.41) is 6.96. The highest BCUT2D eigenvalue weighted by Crippen LogP contribution is 2.28. The van der Waals surface area contributed by atoms with Gasteiger partial charge in [-0.15, -0.1) is 0 Å². The highest BCUT2D eigenvalue weighted by molar-refractivity contribution is 6.01. The van der Waals surface area contributed by atoms with Crippen LogP contribution >= 0.6 is 0 Å². The molecule has 0 aliphatic heterocycles. The molecule has 0 aliphatic carbocycles. The molecule has 0 fully saturated rings. The maximum absolute atomic E-state index is 12.6. The molecule has 24 heavy (non-hydrogen) atoms. The van der Waals surface area contributed by atoms with Gasteiger partial charge in [-0.3, -0.25) is 14.5 Å². The van der Waals surface area contributed by atoms with Gasteiger partial charge in [0.05, 0.1) is 11.2 Å². The number of alkyl halides is 3. The third-order valence-electron chi connectivity index (χ3n) is 3.57. The molecule has 0 bridgehead atoms. The second-order valence-electron chi connectivity index (χ2n) is 5.22. The lowest BCUT2D eigenvalue weighted by molar-refractivity contribution is -0.141. The number of para-hydroxylation sites is 1. The third kappa shape index (κ3) is 3.08. The van der Waals surface area contributed by atoms with Gasteiger partial charge in [0.25, 0.3) is 0 Å². The highest BCUT2D eigenvalue weighted by atomic mass is 19.4. The van der Waals surface area contributed by atoms with Crippen molar-refractivity contribution < 1.29 is 18.0 Å². The number of nitrogens with zero attached hydrogens (tertiary/aromatic N) is 3. The van der Waals surface area contributed by atoms with E-state index in [1.807, 2.05) is 12.1 Å². The first kappa shape index (κ1) is 16.0. The van der Waals surface area contributed by atoms with Crippen LogP contribution in [0.4, 0.5) is 18.9 Å². The number of anilines is 1. The number of carbonyl (C=O) groups excluding carboxylic acids is 1. The van der Waals surface area contributed by atoms with Crippen LogP contribution in [0.5, 0.6) is 0 Å². The van der Waals surface area contributed by atoms with Gasteiger partial charge in [-0.2, -0.15) is 18.3 Å². The second kappa shape index (κ2) is 5.95. The summed E-state index contributed by atoms with van der Waals surface area (Å²) in [4.78, 5) is 16.6. The van der Waals surface area contributed by atoms with Crippen LogP contribution in [0, 0.1) is 0 Å². The minimum atomic E-state index is -4.54. The number of aromatic nitrogens is 3. The first-order valence-corrected chi connectivity index (χ1v) is 7.13. The Morgan fingerprint density at radius 3 is 2.67 bits per heavy atom.